The van der Waals surface area contributed by atoms with Gasteiger partial charge in [0.1, 0.15) is 0 Å². The van der Waals surface area contributed by atoms with E-state index in [4.69, 9.17) is 0 Å². The lowest BCUT2D eigenvalue weighted by Crippen LogP contribution is -2.20. The lowest BCUT2D eigenvalue weighted by atomic mass is 9.95. The summed E-state index contributed by atoms with van der Waals surface area (Å²) in [4.78, 5) is 11.7. The molecule has 1 aliphatic rings. The zero-order valence-corrected chi connectivity index (χ0v) is 13.3. The van der Waals surface area contributed by atoms with Gasteiger partial charge in [0.15, 0.2) is 0 Å². The summed E-state index contributed by atoms with van der Waals surface area (Å²) in [5, 5.41) is 6.30. The molecule has 0 saturated heterocycles. The van der Waals surface area contributed by atoms with Gasteiger partial charge in [0, 0.05) is 24.3 Å². The monoisotopic (exact) mass is 288 g/mol. The minimum Gasteiger partial charge on any atom is -0.382 e. The average Bonchev–Trinajstić information content (AvgIpc) is 2.73. The Morgan fingerprint density at radius 3 is 2.86 bits per heavy atom. The van der Waals surface area contributed by atoms with Gasteiger partial charge in [0.25, 0.3) is 5.91 Å². The van der Waals surface area contributed by atoms with Crippen molar-refractivity contribution in [1.82, 2.24) is 5.32 Å². The van der Waals surface area contributed by atoms with Crippen LogP contribution in [0, 0.1) is 5.92 Å². The fourth-order valence-electron chi connectivity index (χ4n) is 3.35. The molecule has 3 nitrogen and oxygen atoms in total. The Balaban J connectivity index is 1.93. The number of hydrogen-bond donors (Lipinski definition) is 2. The van der Waals surface area contributed by atoms with Crippen LogP contribution in [0.5, 0.6) is 0 Å². The highest BCUT2D eigenvalue weighted by atomic mass is 16.1. The van der Waals surface area contributed by atoms with Crippen LogP contribution in [0.4, 0.5) is 5.69 Å². The van der Waals surface area contributed by atoms with Crippen molar-refractivity contribution < 1.29 is 4.79 Å². The standard InChI is InChI=1S/C18H28N2O/c1-3-6-14-7-4-9-16(12-11-14)20-17-10-5-8-15(13-17)18(21)19-2/h5,8,10,13-14,16,20H,3-4,6-7,9,11-12H2,1-2H3,(H,19,21). The Labute approximate surface area is 128 Å². The molecule has 2 unspecified atom stereocenters. The van der Waals surface area contributed by atoms with E-state index in [0.717, 1.165) is 17.2 Å². The molecule has 1 aromatic rings. The Kier molecular flexibility index (Phi) is 6.09. The van der Waals surface area contributed by atoms with Crippen LogP contribution < -0.4 is 10.6 Å². The average molecular weight is 288 g/mol. The Morgan fingerprint density at radius 2 is 2.10 bits per heavy atom. The first-order valence-corrected chi connectivity index (χ1v) is 8.31. The third kappa shape index (κ3) is 4.76. The van der Waals surface area contributed by atoms with E-state index in [1.807, 2.05) is 18.2 Å². The maximum absolute atomic E-state index is 11.7. The van der Waals surface area contributed by atoms with E-state index in [0.29, 0.717) is 6.04 Å². The van der Waals surface area contributed by atoms with Crippen LogP contribution in [0.25, 0.3) is 0 Å². The normalized spacial score (nSPS) is 22.4. The van der Waals surface area contributed by atoms with E-state index in [-0.39, 0.29) is 5.91 Å². The van der Waals surface area contributed by atoms with Crippen LogP contribution in [0.15, 0.2) is 24.3 Å². The Morgan fingerprint density at radius 1 is 1.24 bits per heavy atom. The maximum atomic E-state index is 11.7. The molecule has 3 heteroatoms. The molecule has 21 heavy (non-hydrogen) atoms. The van der Waals surface area contributed by atoms with Crippen molar-refractivity contribution in [3.63, 3.8) is 0 Å². The molecule has 0 bridgehead atoms. The van der Waals surface area contributed by atoms with Gasteiger partial charge < -0.3 is 10.6 Å². The third-order valence-corrected chi connectivity index (χ3v) is 4.51. The van der Waals surface area contributed by atoms with Crippen molar-refractivity contribution in [3.05, 3.63) is 29.8 Å². The summed E-state index contributed by atoms with van der Waals surface area (Å²) in [6, 6.07) is 8.36. The molecule has 2 N–H and O–H groups in total. The smallest absolute Gasteiger partial charge is 0.251 e. The molecule has 0 aliphatic heterocycles. The van der Waals surface area contributed by atoms with Gasteiger partial charge in [0.2, 0.25) is 0 Å². The van der Waals surface area contributed by atoms with Crippen LogP contribution in [0.2, 0.25) is 0 Å². The molecular weight excluding hydrogens is 260 g/mol. The highest BCUT2D eigenvalue weighted by Gasteiger charge is 2.18. The summed E-state index contributed by atoms with van der Waals surface area (Å²) < 4.78 is 0. The lowest BCUT2D eigenvalue weighted by Gasteiger charge is -2.18. The van der Waals surface area contributed by atoms with E-state index in [1.165, 1.54) is 44.9 Å². The van der Waals surface area contributed by atoms with E-state index >= 15 is 0 Å². The van der Waals surface area contributed by atoms with Crippen molar-refractivity contribution in [1.29, 1.82) is 0 Å². The number of rotatable bonds is 5. The summed E-state index contributed by atoms with van der Waals surface area (Å²) in [6.07, 6.45) is 9.19. The number of carbonyl (C=O) groups excluding carboxylic acids is 1. The molecule has 1 aliphatic carbocycles. The molecule has 1 amide bonds. The second-order valence-corrected chi connectivity index (χ2v) is 6.16. The summed E-state index contributed by atoms with van der Waals surface area (Å²) >= 11 is 0. The molecule has 0 spiro atoms. The van der Waals surface area contributed by atoms with Gasteiger partial charge in [-0.25, -0.2) is 0 Å². The highest BCUT2D eigenvalue weighted by molar-refractivity contribution is 5.94. The summed E-state index contributed by atoms with van der Waals surface area (Å²) in [7, 11) is 1.67. The van der Waals surface area contributed by atoms with E-state index in [1.54, 1.807) is 7.05 Å². The van der Waals surface area contributed by atoms with Gasteiger partial charge in [-0.05, 0) is 43.4 Å². The Bertz CT molecular complexity index is 458. The molecule has 0 heterocycles. The molecule has 2 rings (SSSR count). The first-order valence-electron chi connectivity index (χ1n) is 8.31. The summed E-state index contributed by atoms with van der Waals surface area (Å²) in [5.41, 5.74) is 1.79. The number of nitrogens with one attached hydrogen (secondary N) is 2. The second kappa shape index (κ2) is 8.06. The SMILES string of the molecule is CCCC1CCCC(Nc2cccc(C(=O)NC)c2)CC1. The molecule has 1 fully saturated rings. The zero-order valence-electron chi connectivity index (χ0n) is 13.3. The van der Waals surface area contributed by atoms with Gasteiger partial charge >= 0.3 is 0 Å². The maximum Gasteiger partial charge on any atom is 0.251 e. The topological polar surface area (TPSA) is 41.1 Å². The van der Waals surface area contributed by atoms with E-state index in [9.17, 15) is 4.79 Å². The van der Waals surface area contributed by atoms with Gasteiger partial charge in [0.05, 0.1) is 0 Å². The van der Waals surface area contributed by atoms with Crippen LogP contribution >= 0.6 is 0 Å². The summed E-state index contributed by atoms with van der Waals surface area (Å²) in [5.74, 6) is 0.890. The number of benzene rings is 1. The lowest BCUT2D eigenvalue weighted by molar-refractivity contribution is 0.0963. The van der Waals surface area contributed by atoms with Crippen LogP contribution in [0.1, 0.15) is 62.2 Å². The van der Waals surface area contributed by atoms with Crippen molar-refractivity contribution in [2.45, 2.75) is 57.9 Å². The highest BCUT2D eigenvalue weighted by Crippen LogP contribution is 2.28. The van der Waals surface area contributed by atoms with Gasteiger partial charge in [-0.15, -0.1) is 0 Å². The molecular formula is C18H28N2O. The van der Waals surface area contributed by atoms with Crippen molar-refractivity contribution in [2.75, 3.05) is 12.4 Å². The first-order chi connectivity index (χ1) is 10.2. The Hall–Kier alpha value is -1.51. The molecule has 1 aromatic carbocycles. The molecule has 0 aromatic heterocycles. The second-order valence-electron chi connectivity index (χ2n) is 6.16. The van der Waals surface area contributed by atoms with Crippen LogP contribution in [-0.2, 0) is 0 Å². The number of anilines is 1. The predicted octanol–water partition coefficient (Wildman–Crippen LogP) is 4.21. The van der Waals surface area contributed by atoms with Crippen molar-refractivity contribution >= 4 is 11.6 Å². The van der Waals surface area contributed by atoms with Gasteiger partial charge in [-0.3, -0.25) is 4.79 Å². The minimum absolute atomic E-state index is 0.0254. The minimum atomic E-state index is -0.0254. The largest absolute Gasteiger partial charge is 0.382 e. The molecule has 1 saturated carbocycles. The van der Waals surface area contributed by atoms with Crippen molar-refractivity contribution in [2.24, 2.45) is 5.92 Å². The van der Waals surface area contributed by atoms with Crippen LogP contribution in [-0.4, -0.2) is 19.0 Å². The summed E-state index contributed by atoms with van der Waals surface area (Å²) in [6.45, 7) is 2.28. The third-order valence-electron chi connectivity index (χ3n) is 4.51. The number of amides is 1. The predicted molar refractivity (Wildman–Crippen MR) is 88.7 cm³/mol. The van der Waals surface area contributed by atoms with E-state index in [2.05, 4.69) is 23.6 Å². The quantitative estimate of drug-likeness (QED) is 0.797. The van der Waals surface area contributed by atoms with E-state index < -0.39 is 0 Å². The van der Waals surface area contributed by atoms with Crippen LogP contribution in [0.3, 0.4) is 0 Å². The van der Waals surface area contributed by atoms with Crippen molar-refractivity contribution in [3.8, 4) is 0 Å². The fourth-order valence-corrected chi connectivity index (χ4v) is 3.35. The molecule has 2 atom stereocenters. The number of carbonyl (C=O) groups is 1. The van der Waals surface area contributed by atoms with Gasteiger partial charge in [-0.2, -0.15) is 0 Å². The fraction of sp³-hybridized carbons (Fsp3) is 0.611. The first kappa shape index (κ1) is 15.9. The zero-order chi connectivity index (χ0) is 15.1. The molecule has 116 valence electrons. The van der Waals surface area contributed by atoms with Gasteiger partial charge in [-0.1, -0.05) is 38.7 Å². The number of hydrogen-bond acceptors (Lipinski definition) is 2. The molecule has 0 radical (unpaired) electrons.